The van der Waals surface area contributed by atoms with E-state index in [2.05, 4.69) is 15.2 Å². The third-order valence-corrected chi connectivity index (χ3v) is 8.27. The van der Waals surface area contributed by atoms with Gasteiger partial charge >= 0.3 is 0 Å². The Hall–Kier alpha value is -3.99. The van der Waals surface area contributed by atoms with Crippen molar-refractivity contribution in [2.24, 2.45) is 5.92 Å². The molecule has 11 heteroatoms. The molecule has 2 N–H and O–H groups in total. The van der Waals surface area contributed by atoms with Crippen LogP contribution in [0, 0.1) is 19.8 Å². The molecule has 2 aromatic carbocycles. The summed E-state index contributed by atoms with van der Waals surface area (Å²) >= 11 is 0. The molecular formula is C31H40N4O6S. The molecule has 3 amide bonds. The number of benzene rings is 2. The number of carbonyl (C=O) groups excluding carboxylic acids is 3. The summed E-state index contributed by atoms with van der Waals surface area (Å²) in [5, 5.41) is 6.45. The van der Waals surface area contributed by atoms with Crippen LogP contribution in [0.15, 0.2) is 59.3 Å². The van der Waals surface area contributed by atoms with Gasteiger partial charge in [0.05, 0.1) is 11.9 Å². The molecule has 1 aromatic heterocycles. The number of hydrogen-bond donors (Lipinski definition) is 2. The lowest BCUT2D eigenvalue weighted by Crippen LogP contribution is -2.57. The fourth-order valence-corrected chi connectivity index (χ4v) is 5.83. The molecular weight excluding hydrogens is 556 g/mol. The van der Waals surface area contributed by atoms with E-state index in [4.69, 9.17) is 4.52 Å². The Balaban J connectivity index is 1.90. The molecule has 42 heavy (non-hydrogen) atoms. The van der Waals surface area contributed by atoms with Gasteiger partial charge in [0.1, 0.15) is 12.1 Å². The van der Waals surface area contributed by atoms with Crippen LogP contribution in [-0.4, -0.2) is 61.1 Å². The molecule has 10 nitrogen and oxygen atoms in total. The molecule has 0 unspecified atom stereocenters. The second-order valence-electron chi connectivity index (χ2n) is 11.0. The van der Waals surface area contributed by atoms with E-state index in [1.165, 1.54) is 4.90 Å². The zero-order chi connectivity index (χ0) is 31.0. The maximum atomic E-state index is 13.8. The van der Waals surface area contributed by atoms with Gasteiger partial charge in [-0.15, -0.1) is 0 Å². The number of aromatic nitrogens is 1. The molecule has 3 aromatic rings. The first-order chi connectivity index (χ1) is 19.8. The monoisotopic (exact) mass is 596 g/mol. The summed E-state index contributed by atoms with van der Waals surface area (Å²) in [5.74, 6) is -1.75. The molecule has 0 saturated heterocycles. The zero-order valence-electron chi connectivity index (χ0n) is 25.0. The van der Waals surface area contributed by atoms with Crippen LogP contribution in [0.5, 0.6) is 0 Å². The predicted octanol–water partition coefficient (Wildman–Crippen LogP) is 4.03. The van der Waals surface area contributed by atoms with Gasteiger partial charge < -0.3 is 14.7 Å². The highest BCUT2D eigenvalue weighted by Crippen LogP contribution is 2.21. The van der Waals surface area contributed by atoms with E-state index in [0.29, 0.717) is 24.2 Å². The maximum Gasteiger partial charge on any atom is 0.256 e. The number of aryl methyl sites for hydroxylation is 2. The molecule has 0 radical (unpaired) electrons. The Bertz CT molecular complexity index is 1460. The average molecular weight is 597 g/mol. The molecule has 2 atom stereocenters. The van der Waals surface area contributed by atoms with Gasteiger partial charge in [-0.05, 0) is 43.9 Å². The molecule has 0 bridgehead atoms. The molecule has 0 aliphatic rings. The number of nitrogens with zero attached hydrogens (tertiary/aromatic N) is 2. The lowest BCUT2D eigenvalue weighted by molar-refractivity contribution is -0.131. The quantitative estimate of drug-likeness (QED) is 0.304. The zero-order valence-corrected chi connectivity index (χ0v) is 25.8. The van der Waals surface area contributed by atoms with Gasteiger partial charge in [-0.3, -0.25) is 19.1 Å². The van der Waals surface area contributed by atoms with Gasteiger partial charge in [0.15, 0.2) is 5.76 Å². The third-order valence-electron chi connectivity index (χ3n) is 6.93. The van der Waals surface area contributed by atoms with Gasteiger partial charge in [-0.1, -0.05) is 73.8 Å². The first kappa shape index (κ1) is 32.5. The molecule has 0 aliphatic heterocycles. The van der Waals surface area contributed by atoms with Crippen molar-refractivity contribution in [1.29, 1.82) is 0 Å². The van der Waals surface area contributed by atoms with Crippen LogP contribution in [-0.2, 0) is 26.0 Å². The Morgan fingerprint density at radius 3 is 2.17 bits per heavy atom. The summed E-state index contributed by atoms with van der Waals surface area (Å²) in [5.41, 5.74) is 3.84. The van der Waals surface area contributed by atoms with Gasteiger partial charge in [-0.2, -0.15) is 0 Å². The normalized spacial score (nSPS) is 12.9. The highest BCUT2D eigenvalue weighted by atomic mass is 32.2. The van der Waals surface area contributed by atoms with Crippen molar-refractivity contribution in [3.05, 3.63) is 77.0 Å². The standard InChI is InChI=1S/C31H40N4O6S/c1-7-8-15-42(39,40)34-30(37)28(20(2)3)33-29(36)26(35(6)31(38)25-17-21(4)16-22(5)18-25)19-23-9-11-24(12-10-23)27-13-14-32-41-27/h9-14,16-18,20,26,28H,7-8,15,19H2,1-6H3,(H,33,36)(H,34,37)/t26-,28+/m0/s1. The smallest absolute Gasteiger partial charge is 0.256 e. The van der Waals surface area contributed by atoms with Crippen LogP contribution in [0.4, 0.5) is 0 Å². The topological polar surface area (TPSA) is 139 Å². The summed E-state index contributed by atoms with van der Waals surface area (Å²) < 4.78 is 32.1. The highest BCUT2D eigenvalue weighted by molar-refractivity contribution is 7.90. The molecule has 3 rings (SSSR count). The molecule has 0 saturated carbocycles. The maximum absolute atomic E-state index is 13.8. The highest BCUT2D eigenvalue weighted by Gasteiger charge is 2.33. The minimum Gasteiger partial charge on any atom is -0.356 e. The second-order valence-corrected chi connectivity index (χ2v) is 12.8. The van der Waals surface area contributed by atoms with Crippen molar-refractivity contribution < 1.29 is 27.3 Å². The molecule has 0 fully saturated rings. The number of likely N-dealkylation sites (N-methyl/N-ethyl adjacent to an activating group) is 1. The van der Waals surface area contributed by atoms with E-state index in [9.17, 15) is 22.8 Å². The lowest BCUT2D eigenvalue weighted by Gasteiger charge is -2.30. The van der Waals surface area contributed by atoms with Crippen LogP contribution in [0.1, 0.15) is 60.7 Å². The number of hydrogen-bond acceptors (Lipinski definition) is 7. The number of sulfonamides is 1. The van der Waals surface area contributed by atoms with E-state index in [1.807, 2.05) is 51.1 Å². The predicted molar refractivity (Wildman–Crippen MR) is 161 cm³/mol. The Morgan fingerprint density at radius 2 is 1.62 bits per heavy atom. The number of nitrogens with one attached hydrogen (secondary N) is 2. The van der Waals surface area contributed by atoms with Crippen LogP contribution < -0.4 is 10.0 Å². The average Bonchev–Trinajstić information content (AvgIpc) is 3.47. The van der Waals surface area contributed by atoms with Crippen molar-refractivity contribution in [1.82, 2.24) is 20.1 Å². The van der Waals surface area contributed by atoms with Gasteiger partial charge in [0, 0.05) is 30.7 Å². The van der Waals surface area contributed by atoms with E-state index >= 15 is 0 Å². The first-order valence-electron chi connectivity index (χ1n) is 14.0. The summed E-state index contributed by atoms with van der Waals surface area (Å²) in [6, 6.07) is 12.4. The SMILES string of the molecule is CCCCS(=O)(=O)NC(=O)[C@H](NC(=O)[C@H](Cc1ccc(-c2ccno2)cc1)N(C)C(=O)c1cc(C)cc(C)c1)C(C)C. The van der Waals surface area contributed by atoms with Crippen LogP contribution in [0.2, 0.25) is 0 Å². The van der Waals surface area contributed by atoms with Gasteiger partial charge in [0.2, 0.25) is 15.9 Å². The number of carbonyl (C=O) groups is 3. The van der Waals surface area contributed by atoms with Gasteiger partial charge in [0.25, 0.3) is 11.8 Å². The van der Waals surface area contributed by atoms with E-state index < -0.39 is 39.8 Å². The van der Waals surface area contributed by atoms with Gasteiger partial charge in [-0.25, -0.2) is 8.42 Å². The fourth-order valence-electron chi connectivity index (χ4n) is 4.63. The largest absolute Gasteiger partial charge is 0.356 e. The van der Waals surface area contributed by atoms with Crippen molar-refractivity contribution in [3.63, 3.8) is 0 Å². The molecule has 226 valence electrons. The van der Waals surface area contributed by atoms with Crippen molar-refractivity contribution in [3.8, 4) is 11.3 Å². The molecule has 1 heterocycles. The Labute approximate surface area is 247 Å². The van der Waals surface area contributed by atoms with E-state index in [-0.39, 0.29) is 18.1 Å². The van der Waals surface area contributed by atoms with Crippen molar-refractivity contribution in [2.75, 3.05) is 12.8 Å². The van der Waals surface area contributed by atoms with Crippen molar-refractivity contribution >= 4 is 27.7 Å². The second kappa shape index (κ2) is 14.3. The lowest BCUT2D eigenvalue weighted by atomic mass is 9.99. The van der Waals surface area contributed by atoms with E-state index in [1.54, 1.807) is 45.3 Å². The minimum absolute atomic E-state index is 0.150. The first-order valence-corrected chi connectivity index (χ1v) is 15.7. The van der Waals surface area contributed by atoms with Crippen molar-refractivity contribution in [2.45, 2.75) is 66.0 Å². The van der Waals surface area contributed by atoms with Crippen LogP contribution >= 0.6 is 0 Å². The minimum atomic E-state index is -3.85. The molecule has 0 spiro atoms. The third kappa shape index (κ3) is 8.75. The fraction of sp³-hybridized carbons (Fsp3) is 0.419. The number of amides is 3. The number of rotatable bonds is 13. The summed E-state index contributed by atoms with van der Waals surface area (Å²) in [6.07, 6.45) is 2.76. The van der Waals surface area contributed by atoms with Crippen LogP contribution in [0.3, 0.4) is 0 Å². The summed E-state index contributed by atoms with van der Waals surface area (Å²) in [4.78, 5) is 41.8. The number of unbranched alkanes of at least 4 members (excludes halogenated alkanes) is 1. The Morgan fingerprint density at radius 1 is 0.976 bits per heavy atom. The Kier molecular flexibility index (Phi) is 11.0. The van der Waals surface area contributed by atoms with Crippen LogP contribution in [0.25, 0.3) is 11.3 Å². The summed E-state index contributed by atoms with van der Waals surface area (Å²) in [6.45, 7) is 9.07. The summed E-state index contributed by atoms with van der Waals surface area (Å²) in [7, 11) is -2.30. The molecule has 0 aliphatic carbocycles. The van der Waals surface area contributed by atoms with E-state index in [0.717, 1.165) is 22.3 Å².